The van der Waals surface area contributed by atoms with E-state index in [2.05, 4.69) is 46.2 Å². The molecule has 138 valence electrons. The van der Waals surface area contributed by atoms with Gasteiger partial charge in [-0.1, -0.05) is 26.7 Å². The van der Waals surface area contributed by atoms with Crippen LogP contribution < -0.4 is 10.6 Å². The van der Waals surface area contributed by atoms with Crippen molar-refractivity contribution >= 4 is 29.9 Å². The van der Waals surface area contributed by atoms with Crippen molar-refractivity contribution in [3.63, 3.8) is 0 Å². The molecule has 1 aliphatic carbocycles. The van der Waals surface area contributed by atoms with E-state index in [-0.39, 0.29) is 24.0 Å². The van der Waals surface area contributed by atoms with Crippen molar-refractivity contribution in [3.8, 4) is 0 Å². The van der Waals surface area contributed by atoms with Gasteiger partial charge in [0, 0.05) is 32.6 Å². The lowest BCUT2D eigenvalue weighted by molar-refractivity contribution is 0.296. The predicted octanol–water partition coefficient (Wildman–Crippen LogP) is 2.84. The molecule has 1 saturated carbocycles. The SMILES string of the molecule is CCNC(=NCC1CCC(C)CC1)NCCn1cnnc1CC.I. The van der Waals surface area contributed by atoms with Gasteiger partial charge in [-0.2, -0.15) is 0 Å². The summed E-state index contributed by atoms with van der Waals surface area (Å²) in [6, 6.07) is 0. The molecule has 24 heavy (non-hydrogen) atoms. The van der Waals surface area contributed by atoms with E-state index in [0.29, 0.717) is 0 Å². The van der Waals surface area contributed by atoms with Gasteiger partial charge in [0.05, 0.1) is 0 Å². The minimum Gasteiger partial charge on any atom is -0.357 e. The molecule has 0 atom stereocenters. The van der Waals surface area contributed by atoms with Gasteiger partial charge in [-0.05, 0) is 31.6 Å². The number of hydrogen-bond donors (Lipinski definition) is 2. The molecule has 0 aromatic carbocycles. The van der Waals surface area contributed by atoms with Crippen molar-refractivity contribution in [1.29, 1.82) is 0 Å². The van der Waals surface area contributed by atoms with Gasteiger partial charge in [0.25, 0.3) is 0 Å². The van der Waals surface area contributed by atoms with Crippen molar-refractivity contribution in [2.75, 3.05) is 19.6 Å². The molecule has 1 fully saturated rings. The van der Waals surface area contributed by atoms with Crippen molar-refractivity contribution in [2.24, 2.45) is 16.8 Å². The second kappa shape index (κ2) is 11.7. The number of rotatable bonds is 7. The van der Waals surface area contributed by atoms with Crippen molar-refractivity contribution in [2.45, 2.75) is 59.4 Å². The fourth-order valence-corrected chi connectivity index (χ4v) is 3.11. The second-order valence-corrected chi connectivity index (χ2v) is 6.57. The van der Waals surface area contributed by atoms with Gasteiger partial charge in [0.1, 0.15) is 12.2 Å². The molecule has 0 aliphatic heterocycles. The maximum Gasteiger partial charge on any atom is 0.191 e. The number of hydrogen-bond acceptors (Lipinski definition) is 3. The quantitative estimate of drug-likeness (QED) is 0.383. The van der Waals surface area contributed by atoms with E-state index in [1.54, 1.807) is 6.33 Å². The summed E-state index contributed by atoms with van der Waals surface area (Å²) < 4.78 is 2.10. The fourth-order valence-electron chi connectivity index (χ4n) is 3.11. The lowest BCUT2D eigenvalue weighted by atomic mass is 9.83. The Balaban J connectivity index is 0.00000288. The number of halogens is 1. The Morgan fingerprint density at radius 2 is 2.00 bits per heavy atom. The zero-order valence-corrected chi connectivity index (χ0v) is 17.6. The Kier molecular flexibility index (Phi) is 10.3. The van der Waals surface area contributed by atoms with Gasteiger partial charge < -0.3 is 15.2 Å². The van der Waals surface area contributed by atoms with Crippen LogP contribution in [-0.4, -0.2) is 40.4 Å². The highest BCUT2D eigenvalue weighted by molar-refractivity contribution is 14.0. The van der Waals surface area contributed by atoms with Gasteiger partial charge in [0.15, 0.2) is 5.96 Å². The number of nitrogens with one attached hydrogen (secondary N) is 2. The summed E-state index contributed by atoms with van der Waals surface area (Å²) >= 11 is 0. The summed E-state index contributed by atoms with van der Waals surface area (Å²) in [6.45, 7) is 10.1. The van der Waals surface area contributed by atoms with Gasteiger partial charge in [-0.15, -0.1) is 34.2 Å². The van der Waals surface area contributed by atoms with Crippen LogP contribution in [0.1, 0.15) is 52.3 Å². The summed E-state index contributed by atoms with van der Waals surface area (Å²) in [5, 5.41) is 14.8. The molecule has 2 rings (SSSR count). The van der Waals surface area contributed by atoms with Crippen LogP contribution in [-0.2, 0) is 13.0 Å². The summed E-state index contributed by atoms with van der Waals surface area (Å²) in [7, 11) is 0. The van der Waals surface area contributed by atoms with E-state index >= 15 is 0 Å². The largest absolute Gasteiger partial charge is 0.357 e. The first-order chi connectivity index (χ1) is 11.2. The molecule has 1 heterocycles. The molecular weight excluding hydrogens is 415 g/mol. The minimum atomic E-state index is 0. The molecule has 1 aromatic heterocycles. The van der Waals surface area contributed by atoms with Crippen molar-refractivity contribution in [3.05, 3.63) is 12.2 Å². The molecule has 0 spiro atoms. The average Bonchev–Trinajstić information content (AvgIpc) is 3.01. The van der Waals surface area contributed by atoms with Gasteiger partial charge in [-0.3, -0.25) is 4.99 Å². The summed E-state index contributed by atoms with van der Waals surface area (Å²) in [5.74, 6) is 3.62. The number of nitrogens with zero attached hydrogens (tertiary/aromatic N) is 4. The van der Waals surface area contributed by atoms with Crippen LogP contribution in [0.4, 0.5) is 0 Å². The number of guanidine groups is 1. The molecule has 2 N–H and O–H groups in total. The maximum atomic E-state index is 4.78. The minimum absolute atomic E-state index is 0. The standard InChI is InChI=1S/C17H32N6.HI/c1-4-16-22-21-13-23(16)11-10-19-17(18-5-2)20-12-15-8-6-14(3)7-9-15;/h13-15H,4-12H2,1-3H3,(H2,18,19,20);1H. The lowest BCUT2D eigenvalue weighted by Gasteiger charge is -2.25. The lowest BCUT2D eigenvalue weighted by Crippen LogP contribution is -2.39. The fraction of sp³-hybridized carbons (Fsp3) is 0.824. The summed E-state index contributed by atoms with van der Waals surface area (Å²) in [5.41, 5.74) is 0. The van der Waals surface area contributed by atoms with Crippen LogP contribution in [0.5, 0.6) is 0 Å². The van der Waals surface area contributed by atoms with E-state index in [1.807, 2.05) is 0 Å². The first kappa shape index (κ1) is 21.2. The first-order valence-corrected chi connectivity index (χ1v) is 9.11. The Morgan fingerprint density at radius 3 is 2.67 bits per heavy atom. The van der Waals surface area contributed by atoms with E-state index in [9.17, 15) is 0 Å². The molecular formula is C17H33IN6. The molecule has 0 unspecified atom stereocenters. The number of aliphatic imine (C=N–C) groups is 1. The normalized spacial score (nSPS) is 21.2. The Bertz CT molecular complexity index is 479. The maximum absolute atomic E-state index is 4.78. The number of aryl methyl sites for hydroxylation is 1. The van der Waals surface area contributed by atoms with Crippen LogP contribution in [0.2, 0.25) is 0 Å². The van der Waals surface area contributed by atoms with Crippen LogP contribution in [0.3, 0.4) is 0 Å². The highest BCUT2D eigenvalue weighted by Crippen LogP contribution is 2.28. The monoisotopic (exact) mass is 448 g/mol. The predicted molar refractivity (Wildman–Crippen MR) is 110 cm³/mol. The van der Waals surface area contributed by atoms with Crippen molar-refractivity contribution in [1.82, 2.24) is 25.4 Å². The second-order valence-electron chi connectivity index (χ2n) is 6.57. The third kappa shape index (κ3) is 6.94. The van der Waals surface area contributed by atoms with Gasteiger partial charge >= 0.3 is 0 Å². The summed E-state index contributed by atoms with van der Waals surface area (Å²) in [6.07, 6.45) is 8.08. The first-order valence-electron chi connectivity index (χ1n) is 9.11. The van der Waals surface area contributed by atoms with E-state index in [1.165, 1.54) is 25.7 Å². The molecule has 0 radical (unpaired) electrons. The highest BCUT2D eigenvalue weighted by Gasteiger charge is 2.17. The molecule has 0 amide bonds. The third-order valence-corrected chi connectivity index (χ3v) is 4.64. The summed E-state index contributed by atoms with van der Waals surface area (Å²) in [4.78, 5) is 4.78. The van der Waals surface area contributed by atoms with Crippen LogP contribution in [0.25, 0.3) is 0 Å². The molecule has 6 nitrogen and oxygen atoms in total. The molecule has 0 bridgehead atoms. The number of aromatic nitrogens is 3. The molecule has 1 aromatic rings. The van der Waals surface area contributed by atoms with Crippen molar-refractivity contribution < 1.29 is 0 Å². The average molecular weight is 448 g/mol. The Morgan fingerprint density at radius 1 is 1.25 bits per heavy atom. The van der Waals surface area contributed by atoms with Gasteiger partial charge in [0.2, 0.25) is 0 Å². The zero-order valence-electron chi connectivity index (χ0n) is 15.3. The molecule has 1 aliphatic rings. The Hall–Kier alpha value is -0.860. The van der Waals surface area contributed by atoms with E-state index in [4.69, 9.17) is 4.99 Å². The highest BCUT2D eigenvalue weighted by atomic mass is 127. The van der Waals surface area contributed by atoms with Gasteiger partial charge in [-0.25, -0.2) is 0 Å². The van der Waals surface area contributed by atoms with Crippen LogP contribution in [0.15, 0.2) is 11.3 Å². The van der Waals surface area contributed by atoms with Crippen LogP contribution >= 0.6 is 24.0 Å². The third-order valence-electron chi connectivity index (χ3n) is 4.64. The topological polar surface area (TPSA) is 67.1 Å². The molecule has 0 saturated heterocycles. The molecule has 7 heteroatoms. The zero-order chi connectivity index (χ0) is 16.5. The smallest absolute Gasteiger partial charge is 0.191 e. The Labute approximate surface area is 163 Å². The van der Waals surface area contributed by atoms with E-state index < -0.39 is 0 Å². The van der Waals surface area contributed by atoms with Crippen LogP contribution in [0, 0.1) is 11.8 Å². The van der Waals surface area contributed by atoms with E-state index in [0.717, 1.165) is 56.2 Å².